The molecule has 4 heteroatoms. The molecule has 4 nitrogen and oxygen atoms in total. The molecule has 4 aliphatic rings. The minimum atomic E-state index is -0.898. The van der Waals surface area contributed by atoms with Crippen LogP contribution in [0.3, 0.4) is 0 Å². The number of fused-ring (bicyclic) bond motifs is 4. The molecule has 2 saturated carbocycles. The molecule has 4 fully saturated rings. The van der Waals surface area contributed by atoms with Crippen molar-refractivity contribution in [2.45, 2.75) is 94.8 Å². The average molecular weight is 409 g/mol. The molecule has 2 heterocycles. The van der Waals surface area contributed by atoms with Crippen LogP contribution < -0.4 is 5.32 Å². The number of aliphatic carboxylic acids is 1. The van der Waals surface area contributed by atoms with E-state index in [9.17, 15) is 4.79 Å². The number of carboxylic acids is 1. The first-order chi connectivity index (χ1) is 14.7. The van der Waals surface area contributed by atoms with Crippen LogP contribution in [0.5, 0.6) is 0 Å². The third-order valence-electron chi connectivity index (χ3n) is 8.28. The Hall–Kier alpha value is -1.81. The standard InChI is InChI=1S/C26H36N2O2/c29-26(30)12-11-20-7-1-2-10-25(20)27-21-16-22-8-4-9-23(17-21)28(22)24-14-18-5-3-6-19(13-18)15-24/h1-2,7,10-12,18-19,21-24,27H,3-6,8-9,13-17H2,(H,29,30). The SMILES string of the molecule is O=C(O)C=Cc1ccccc1NC1CC2CCCC(C1)N2C1CC2CCCC(C2)C1. The van der Waals surface area contributed by atoms with Crippen LogP contribution in [0.1, 0.15) is 76.2 Å². The van der Waals surface area contributed by atoms with Crippen LogP contribution in [-0.4, -0.2) is 40.1 Å². The molecule has 30 heavy (non-hydrogen) atoms. The van der Waals surface area contributed by atoms with Gasteiger partial charge in [-0.2, -0.15) is 0 Å². The van der Waals surface area contributed by atoms with Crippen LogP contribution in [0.25, 0.3) is 6.08 Å². The van der Waals surface area contributed by atoms with Crippen molar-refractivity contribution in [1.29, 1.82) is 0 Å². The van der Waals surface area contributed by atoms with Crippen molar-refractivity contribution in [3.8, 4) is 0 Å². The van der Waals surface area contributed by atoms with E-state index in [-0.39, 0.29) is 0 Å². The van der Waals surface area contributed by atoms with Gasteiger partial charge in [0.2, 0.25) is 0 Å². The number of para-hydroxylation sites is 1. The van der Waals surface area contributed by atoms with Crippen molar-refractivity contribution in [1.82, 2.24) is 4.90 Å². The van der Waals surface area contributed by atoms with Crippen molar-refractivity contribution >= 4 is 17.7 Å². The van der Waals surface area contributed by atoms with Gasteiger partial charge in [-0.15, -0.1) is 0 Å². The lowest BCUT2D eigenvalue weighted by atomic mass is 9.68. The van der Waals surface area contributed by atoms with Crippen LogP contribution in [0, 0.1) is 11.8 Å². The van der Waals surface area contributed by atoms with Gasteiger partial charge in [0.05, 0.1) is 0 Å². The van der Waals surface area contributed by atoms with Gasteiger partial charge >= 0.3 is 5.97 Å². The third kappa shape index (κ3) is 4.30. The maximum absolute atomic E-state index is 11.0. The van der Waals surface area contributed by atoms with Gasteiger partial charge in [-0.25, -0.2) is 4.79 Å². The van der Waals surface area contributed by atoms with E-state index in [1.165, 1.54) is 76.7 Å². The van der Waals surface area contributed by atoms with Gasteiger partial charge in [0.1, 0.15) is 0 Å². The Morgan fingerprint density at radius 3 is 2.27 bits per heavy atom. The second-order valence-corrected chi connectivity index (χ2v) is 10.3. The third-order valence-corrected chi connectivity index (χ3v) is 8.28. The molecule has 1 aromatic carbocycles. The van der Waals surface area contributed by atoms with E-state index in [4.69, 9.17) is 5.11 Å². The smallest absolute Gasteiger partial charge is 0.328 e. The summed E-state index contributed by atoms with van der Waals surface area (Å²) in [6, 6.07) is 10.9. The molecule has 2 aliphatic heterocycles. The second-order valence-electron chi connectivity index (χ2n) is 10.3. The number of benzene rings is 1. The summed E-state index contributed by atoms with van der Waals surface area (Å²) in [6.45, 7) is 0. The van der Waals surface area contributed by atoms with Gasteiger partial charge in [0.15, 0.2) is 0 Å². The normalized spacial score (nSPS) is 36.5. The highest BCUT2D eigenvalue weighted by molar-refractivity contribution is 5.86. The predicted molar refractivity (Wildman–Crippen MR) is 121 cm³/mol. The van der Waals surface area contributed by atoms with E-state index in [1.54, 1.807) is 6.08 Å². The maximum atomic E-state index is 11.0. The quantitative estimate of drug-likeness (QED) is 0.627. The van der Waals surface area contributed by atoms with Crippen molar-refractivity contribution in [2.24, 2.45) is 11.8 Å². The molecule has 162 valence electrons. The topological polar surface area (TPSA) is 52.6 Å². The molecular formula is C26H36N2O2. The molecular weight excluding hydrogens is 372 g/mol. The van der Waals surface area contributed by atoms with Crippen LogP contribution in [-0.2, 0) is 4.79 Å². The summed E-state index contributed by atoms with van der Waals surface area (Å²) in [7, 11) is 0. The largest absolute Gasteiger partial charge is 0.478 e. The number of nitrogens with one attached hydrogen (secondary N) is 1. The van der Waals surface area contributed by atoms with E-state index in [0.29, 0.717) is 6.04 Å². The van der Waals surface area contributed by atoms with E-state index in [1.807, 2.05) is 18.2 Å². The lowest BCUT2D eigenvalue weighted by Gasteiger charge is -2.55. The number of nitrogens with zero attached hydrogens (tertiary/aromatic N) is 1. The first-order valence-electron chi connectivity index (χ1n) is 12.2. The Morgan fingerprint density at radius 1 is 0.900 bits per heavy atom. The van der Waals surface area contributed by atoms with Gasteiger partial charge in [-0.05, 0) is 74.5 Å². The summed E-state index contributed by atoms with van der Waals surface area (Å²) < 4.78 is 0. The van der Waals surface area contributed by atoms with Gasteiger partial charge < -0.3 is 10.4 Å². The minimum absolute atomic E-state index is 0.485. The molecule has 5 rings (SSSR count). The molecule has 1 aromatic rings. The van der Waals surface area contributed by atoms with Crippen LogP contribution in [0.4, 0.5) is 5.69 Å². The summed E-state index contributed by atoms with van der Waals surface area (Å²) in [5.41, 5.74) is 2.03. The summed E-state index contributed by atoms with van der Waals surface area (Å²) in [5.74, 6) is 1.09. The second kappa shape index (κ2) is 8.74. The first-order valence-corrected chi connectivity index (χ1v) is 12.2. The van der Waals surface area contributed by atoms with Gasteiger partial charge in [0.25, 0.3) is 0 Å². The van der Waals surface area contributed by atoms with E-state index in [0.717, 1.165) is 41.2 Å². The lowest BCUT2D eigenvalue weighted by Crippen LogP contribution is -2.60. The summed E-state index contributed by atoms with van der Waals surface area (Å²) in [6.07, 6.45) is 18.3. The molecule has 2 N–H and O–H groups in total. The Morgan fingerprint density at radius 2 is 1.57 bits per heavy atom. The predicted octanol–water partition coefficient (Wildman–Crippen LogP) is 5.55. The fourth-order valence-electron chi connectivity index (χ4n) is 7.23. The Kier molecular flexibility index (Phi) is 5.86. The zero-order valence-electron chi connectivity index (χ0n) is 18.0. The number of hydrogen-bond donors (Lipinski definition) is 2. The zero-order chi connectivity index (χ0) is 20.5. The average Bonchev–Trinajstić information content (AvgIpc) is 2.72. The van der Waals surface area contributed by atoms with Gasteiger partial charge in [-0.3, -0.25) is 4.90 Å². The first kappa shape index (κ1) is 20.1. The Labute approximate surface area is 180 Å². The Balaban J connectivity index is 1.28. The summed E-state index contributed by atoms with van der Waals surface area (Å²) in [4.78, 5) is 13.9. The van der Waals surface area contributed by atoms with Crippen LogP contribution >= 0.6 is 0 Å². The zero-order valence-corrected chi connectivity index (χ0v) is 18.0. The minimum Gasteiger partial charge on any atom is -0.478 e. The molecule has 4 bridgehead atoms. The van der Waals surface area contributed by atoms with Crippen molar-refractivity contribution in [3.63, 3.8) is 0 Å². The Bertz CT molecular complexity index is 765. The van der Waals surface area contributed by atoms with E-state index in [2.05, 4.69) is 16.3 Å². The highest BCUT2D eigenvalue weighted by Crippen LogP contribution is 2.46. The molecule has 4 unspecified atom stereocenters. The number of carbonyl (C=O) groups is 1. The molecule has 0 amide bonds. The van der Waals surface area contributed by atoms with Gasteiger partial charge in [0, 0.05) is 35.9 Å². The number of rotatable bonds is 5. The van der Waals surface area contributed by atoms with Crippen molar-refractivity contribution in [3.05, 3.63) is 35.9 Å². The van der Waals surface area contributed by atoms with Gasteiger partial charge in [-0.1, -0.05) is 43.9 Å². The maximum Gasteiger partial charge on any atom is 0.328 e. The number of anilines is 1. The van der Waals surface area contributed by atoms with Crippen LogP contribution in [0.15, 0.2) is 30.3 Å². The number of hydrogen-bond acceptors (Lipinski definition) is 3. The molecule has 2 aliphatic carbocycles. The van der Waals surface area contributed by atoms with Crippen molar-refractivity contribution in [2.75, 3.05) is 5.32 Å². The van der Waals surface area contributed by atoms with E-state index >= 15 is 0 Å². The molecule has 0 spiro atoms. The highest BCUT2D eigenvalue weighted by Gasteiger charge is 2.44. The lowest BCUT2D eigenvalue weighted by molar-refractivity contribution is -0.131. The fourth-order valence-corrected chi connectivity index (χ4v) is 7.23. The molecule has 2 saturated heterocycles. The number of piperidine rings is 2. The molecule has 0 radical (unpaired) electrons. The van der Waals surface area contributed by atoms with Crippen LogP contribution in [0.2, 0.25) is 0 Å². The fraction of sp³-hybridized carbons (Fsp3) is 0.654. The number of carboxylic acid groups (broad SMARTS) is 1. The summed E-state index contributed by atoms with van der Waals surface area (Å²) >= 11 is 0. The van der Waals surface area contributed by atoms with Crippen molar-refractivity contribution < 1.29 is 9.90 Å². The summed E-state index contributed by atoms with van der Waals surface area (Å²) in [5, 5.41) is 12.8. The van der Waals surface area contributed by atoms with E-state index < -0.39 is 5.97 Å². The highest BCUT2D eigenvalue weighted by atomic mass is 16.4. The molecule has 4 atom stereocenters. The molecule has 0 aromatic heterocycles. The monoisotopic (exact) mass is 408 g/mol.